The van der Waals surface area contributed by atoms with Gasteiger partial charge in [-0.1, -0.05) is 13.0 Å². The lowest BCUT2D eigenvalue weighted by atomic mass is 9.84. The Morgan fingerprint density at radius 1 is 1.50 bits per heavy atom. The molecule has 18 heavy (non-hydrogen) atoms. The third-order valence-corrected chi connectivity index (χ3v) is 4.04. The van der Waals surface area contributed by atoms with Crippen molar-refractivity contribution >= 4 is 5.82 Å². The SMILES string of the molecule is CCC(C)(C(Cc1cccnc1N)NN)N(C)C. The van der Waals surface area contributed by atoms with Gasteiger partial charge in [0.1, 0.15) is 5.82 Å². The van der Waals surface area contributed by atoms with Crippen LogP contribution in [0.4, 0.5) is 5.82 Å². The third kappa shape index (κ3) is 2.98. The molecule has 5 nitrogen and oxygen atoms in total. The van der Waals surface area contributed by atoms with Crippen LogP contribution in [-0.2, 0) is 6.42 Å². The van der Waals surface area contributed by atoms with Crippen molar-refractivity contribution in [2.24, 2.45) is 5.84 Å². The van der Waals surface area contributed by atoms with Gasteiger partial charge in [-0.05, 0) is 45.5 Å². The van der Waals surface area contributed by atoms with Crippen molar-refractivity contribution in [2.75, 3.05) is 19.8 Å². The lowest BCUT2D eigenvalue weighted by Crippen LogP contribution is -2.59. The highest BCUT2D eigenvalue weighted by Gasteiger charge is 2.34. The Labute approximate surface area is 110 Å². The molecule has 0 saturated heterocycles. The topological polar surface area (TPSA) is 80.2 Å². The van der Waals surface area contributed by atoms with Gasteiger partial charge in [0, 0.05) is 17.8 Å². The van der Waals surface area contributed by atoms with Crippen LogP contribution in [0.2, 0.25) is 0 Å². The van der Waals surface area contributed by atoms with Crippen molar-refractivity contribution in [3.8, 4) is 0 Å². The summed E-state index contributed by atoms with van der Waals surface area (Å²) in [5.41, 5.74) is 9.82. The molecule has 0 radical (unpaired) electrons. The van der Waals surface area contributed by atoms with Gasteiger partial charge in [0.15, 0.2) is 0 Å². The van der Waals surface area contributed by atoms with Gasteiger partial charge in [0.05, 0.1) is 0 Å². The third-order valence-electron chi connectivity index (χ3n) is 4.04. The van der Waals surface area contributed by atoms with Crippen molar-refractivity contribution in [3.05, 3.63) is 23.9 Å². The fourth-order valence-electron chi connectivity index (χ4n) is 2.18. The van der Waals surface area contributed by atoms with Gasteiger partial charge >= 0.3 is 0 Å². The number of nitrogens with two attached hydrogens (primary N) is 2. The highest BCUT2D eigenvalue weighted by molar-refractivity contribution is 5.39. The lowest BCUT2D eigenvalue weighted by Gasteiger charge is -2.42. The molecule has 0 aliphatic carbocycles. The van der Waals surface area contributed by atoms with E-state index in [2.05, 4.69) is 43.3 Å². The molecule has 1 heterocycles. The summed E-state index contributed by atoms with van der Waals surface area (Å²) in [4.78, 5) is 6.31. The van der Waals surface area contributed by atoms with E-state index < -0.39 is 0 Å². The number of hydrogen-bond acceptors (Lipinski definition) is 5. The molecule has 0 saturated carbocycles. The molecule has 2 atom stereocenters. The van der Waals surface area contributed by atoms with E-state index in [0.29, 0.717) is 5.82 Å². The number of pyridine rings is 1. The van der Waals surface area contributed by atoms with Crippen LogP contribution >= 0.6 is 0 Å². The summed E-state index contributed by atoms with van der Waals surface area (Å²) in [5, 5.41) is 0. The number of nitrogens with zero attached hydrogens (tertiary/aromatic N) is 2. The summed E-state index contributed by atoms with van der Waals surface area (Å²) in [6, 6.07) is 4.01. The number of rotatable bonds is 6. The van der Waals surface area contributed by atoms with E-state index in [9.17, 15) is 0 Å². The number of nitrogens with one attached hydrogen (secondary N) is 1. The summed E-state index contributed by atoms with van der Waals surface area (Å²) in [5.74, 6) is 6.31. The van der Waals surface area contributed by atoms with E-state index in [1.807, 2.05) is 12.1 Å². The second-order valence-electron chi connectivity index (χ2n) is 5.08. The number of hydrazine groups is 1. The number of aromatic nitrogens is 1. The minimum atomic E-state index is -0.0307. The second kappa shape index (κ2) is 6.13. The van der Waals surface area contributed by atoms with Gasteiger partial charge in [0.2, 0.25) is 0 Å². The summed E-state index contributed by atoms with van der Waals surface area (Å²) < 4.78 is 0. The van der Waals surface area contributed by atoms with E-state index in [1.54, 1.807) is 6.20 Å². The number of hydrogen-bond donors (Lipinski definition) is 3. The van der Waals surface area contributed by atoms with Crippen LogP contribution in [0.1, 0.15) is 25.8 Å². The normalized spacial score (nSPS) is 16.6. The molecule has 1 rings (SSSR count). The van der Waals surface area contributed by atoms with Crippen molar-refractivity contribution in [3.63, 3.8) is 0 Å². The fraction of sp³-hybridized carbons (Fsp3) is 0.615. The monoisotopic (exact) mass is 251 g/mol. The molecule has 0 aliphatic rings. The van der Waals surface area contributed by atoms with E-state index in [4.69, 9.17) is 11.6 Å². The Hall–Kier alpha value is -1.17. The molecule has 1 aromatic heterocycles. The van der Waals surface area contributed by atoms with Crippen molar-refractivity contribution in [1.29, 1.82) is 0 Å². The summed E-state index contributed by atoms with van der Waals surface area (Å²) >= 11 is 0. The van der Waals surface area contributed by atoms with Crippen LogP contribution < -0.4 is 17.0 Å². The Kier molecular flexibility index (Phi) is 5.07. The Morgan fingerprint density at radius 2 is 2.17 bits per heavy atom. The average Bonchev–Trinajstić information content (AvgIpc) is 2.36. The molecule has 2 unspecified atom stereocenters. The zero-order valence-electron chi connectivity index (χ0n) is 11.8. The first-order valence-corrected chi connectivity index (χ1v) is 6.28. The van der Waals surface area contributed by atoms with Crippen molar-refractivity contribution < 1.29 is 0 Å². The average molecular weight is 251 g/mol. The highest BCUT2D eigenvalue weighted by atomic mass is 15.3. The Balaban J connectivity index is 2.94. The molecule has 0 aromatic carbocycles. The van der Waals surface area contributed by atoms with Crippen LogP contribution in [0.15, 0.2) is 18.3 Å². The summed E-state index contributed by atoms with van der Waals surface area (Å²) in [6.07, 6.45) is 3.46. The quantitative estimate of drug-likeness (QED) is 0.514. The fourth-order valence-corrected chi connectivity index (χ4v) is 2.18. The molecule has 0 spiro atoms. The minimum Gasteiger partial charge on any atom is -0.383 e. The molecular formula is C13H25N5. The summed E-state index contributed by atoms with van der Waals surface area (Å²) in [7, 11) is 4.14. The summed E-state index contributed by atoms with van der Waals surface area (Å²) in [6.45, 7) is 4.36. The van der Waals surface area contributed by atoms with Crippen LogP contribution in [0.5, 0.6) is 0 Å². The van der Waals surface area contributed by atoms with Crippen molar-refractivity contribution in [1.82, 2.24) is 15.3 Å². The molecule has 0 fully saturated rings. The van der Waals surface area contributed by atoms with E-state index in [0.717, 1.165) is 18.4 Å². The number of nitrogen functional groups attached to an aromatic ring is 1. The van der Waals surface area contributed by atoms with Crippen LogP contribution in [-0.4, -0.2) is 35.6 Å². The zero-order chi connectivity index (χ0) is 13.8. The molecule has 5 heteroatoms. The molecule has 0 amide bonds. The molecule has 0 aliphatic heterocycles. The first kappa shape index (κ1) is 14.9. The molecular weight excluding hydrogens is 226 g/mol. The van der Waals surface area contributed by atoms with Crippen LogP contribution in [0.3, 0.4) is 0 Å². The maximum absolute atomic E-state index is 5.89. The number of anilines is 1. The largest absolute Gasteiger partial charge is 0.383 e. The Bertz CT molecular complexity index is 379. The van der Waals surface area contributed by atoms with E-state index in [-0.39, 0.29) is 11.6 Å². The standard InChI is InChI=1S/C13H25N5/c1-5-13(2,18(3)4)11(17-15)9-10-7-6-8-16-12(10)14/h6-8,11,17H,5,9,15H2,1-4H3,(H2,14,16). The molecule has 5 N–H and O–H groups in total. The van der Waals surface area contributed by atoms with Gasteiger partial charge in [-0.2, -0.15) is 0 Å². The lowest BCUT2D eigenvalue weighted by molar-refractivity contribution is 0.112. The first-order valence-electron chi connectivity index (χ1n) is 6.28. The second-order valence-corrected chi connectivity index (χ2v) is 5.08. The van der Waals surface area contributed by atoms with Gasteiger partial charge in [-0.25, -0.2) is 4.98 Å². The first-order chi connectivity index (χ1) is 8.45. The van der Waals surface area contributed by atoms with E-state index >= 15 is 0 Å². The van der Waals surface area contributed by atoms with E-state index in [1.165, 1.54) is 0 Å². The highest BCUT2D eigenvalue weighted by Crippen LogP contribution is 2.24. The molecule has 102 valence electrons. The van der Waals surface area contributed by atoms with Gasteiger partial charge in [-0.3, -0.25) is 11.3 Å². The maximum atomic E-state index is 5.89. The predicted octanol–water partition coefficient (Wildman–Crippen LogP) is 0.769. The maximum Gasteiger partial charge on any atom is 0.126 e. The minimum absolute atomic E-state index is 0.0307. The van der Waals surface area contributed by atoms with Gasteiger partial charge < -0.3 is 10.6 Å². The Morgan fingerprint density at radius 3 is 2.61 bits per heavy atom. The molecule has 1 aromatic rings. The van der Waals surface area contributed by atoms with Gasteiger partial charge in [-0.15, -0.1) is 0 Å². The van der Waals surface area contributed by atoms with Crippen molar-refractivity contribution in [2.45, 2.75) is 38.3 Å². The molecule has 0 bridgehead atoms. The predicted molar refractivity (Wildman–Crippen MR) is 75.8 cm³/mol. The number of likely N-dealkylation sites (N-methyl/N-ethyl adjacent to an activating group) is 1. The zero-order valence-corrected chi connectivity index (χ0v) is 11.8. The van der Waals surface area contributed by atoms with Gasteiger partial charge in [0.25, 0.3) is 0 Å². The smallest absolute Gasteiger partial charge is 0.126 e. The van der Waals surface area contributed by atoms with Crippen LogP contribution in [0.25, 0.3) is 0 Å². The van der Waals surface area contributed by atoms with Crippen LogP contribution in [0, 0.1) is 0 Å².